The van der Waals surface area contributed by atoms with E-state index < -0.39 is 0 Å². The van der Waals surface area contributed by atoms with E-state index in [4.69, 9.17) is 14.9 Å². The first-order chi connectivity index (χ1) is 6.79. The molecular weight excluding hydrogens is 186 g/mol. The van der Waals surface area contributed by atoms with Gasteiger partial charge in [-0.25, -0.2) is 0 Å². The molecule has 1 amide bonds. The molecule has 14 heavy (non-hydrogen) atoms. The Kier molecular flexibility index (Phi) is 4.86. The summed E-state index contributed by atoms with van der Waals surface area (Å²) in [6, 6.07) is 0. The van der Waals surface area contributed by atoms with Crippen LogP contribution in [0.1, 0.15) is 6.42 Å². The van der Waals surface area contributed by atoms with E-state index in [2.05, 4.69) is 0 Å². The number of carbonyl (C=O) groups is 1. The first-order valence-corrected chi connectivity index (χ1v) is 4.88. The van der Waals surface area contributed by atoms with Crippen molar-refractivity contribution in [2.24, 2.45) is 5.92 Å². The Morgan fingerprint density at radius 2 is 2.00 bits per heavy atom. The molecule has 0 spiro atoms. The third kappa shape index (κ3) is 2.94. The van der Waals surface area contributed by atoms with Crippen LogP contribution in [-0.2, 0) is 9.53 Å². The molecule has 1 unspecified atom stereocenters. The summed E-state index contributed by atoms with van der Waals surface area (Å²) in [5, 5.41) is 17.5. The van der Waals surface area contributed by atoms with Crippen LogP contribution in [0.15, 0.2) is 0 Å². The lowest BCUT2D eigenvalue weighted by atomic mass is 10.1. The molecule has 1 saturated heterocycles. The van der Waals surface area contributed by atoms with E-state index in [-0.39, 0.29) is 38.1 Å². The number of aliphatic hydroxyl groups excluding tert-OH is 2. The number of ether oxygens (including phenoxy) is 1. The third-order valence-electron chi connectivity index (χ3n) is 2.33. The fourth-order valence-electron chi connectivity index (χ4n) is 1.56. The highest BCUT2D eigenvalue weighted by atomic mass is 16.5. The molecule has 82 valence electrons. The molecule has 1 rings (SSSR count). The highest BCUT2D eigenvalue weighted by molar-refractivity contribution is 5.79. The Bertz CT molecular complexity index is 174. The number of rotatable bonds is 5. The van der Waals surface area contributed by atoms with E-state index in [1.165, 1.54) is 4.90 Å². The maximum atomic E-state index is 11.7. The quantitative estimate of drug-likeness (QED) is 0.591. The van der Waals surface area contributed by atoms with Gasteiger partial charge in [0.2, 0.25) is 5.91 Å². The van der Waals surface area contributed by atoms with Crippen molar-refractivity contribution in [1.29, 1.82) is 0 Å². The van der Waals surface area contributed by atoms with E-state index in [0.29, 0.717) is 13.2 Å². The fraction of sp³-hybridized carbons (Fsp3) is 0.889. The van der Waals surface area contributed by atoms with Gasteiger partial charge in [-0.2, -0.15) is 0 Å². The Labute approximate surface area is 83.3 Å². The first kappa shape index (κ1) is 11.4. The lowest BCUT2D eigenvalue weighted by molar-refractivity contribution is -0.136. The smallest absolute Gasteiger partial charge is 0.228 e. The first-order valence-electron chi connectivity index (χ1n) is 4.88. The maximum Gasteiger partial charge on any atom is 0.228 e. The van der Waals surface area contributed by atoms with Crippen LogP contribution in [0, 0.1) is 5.92 Å². The van der Waals surface area contributed by atoms with Crippen molar-refractivity contribution in [3.8, 4) is 0 Å². The second-order valence-electron chi connectivity index (χ2n) is 3.33. The predicted molar refractivity (Wildman–Crippen MR) is 49.7 cm³/mol. The molecule has 0 aromatic carbocycles. The van der Waals surface area contributed by atoms with Gasteiger partial charge in [0, 0.05) is 19.7 Å². The fourth-order valence-corrected chi connectivity index (χ4v) is 1.56. The van der Waals surface area contributed by atoms with Crippen molar-refractivity contribution in [1.82, 2.24) is 4.90 Å². The Morgan fingerprint density at radius 3 is 2.43 bits per heavy atom. The molecule has 0 saturated carbocycles. The summed E-state index contributed by atoms with van der Waals surface area (Å²) < 4.78 is 5.11. The molecule has 0 aliphatic carbocycles. The molecular formula is C9H17NO4. The van der Waals surface area contributed by atoms with Gasteiger partial charge in [0.1, 0.15) is 0 Å². The maximum absolute atomic E-state index is 11.7. The van der Waals surface area contributed by atoms with Gasteiger partial charge in [0.25, 0.3) is 0 Å². The molecule has 1 heterocycles. The lowest BCUT2D eigenvalue weighted by Crippen LogP contribution is -2.40. The van der Waals surface area contributed by atoms with Crippen molar-refractivity contribution in [2.75, 3.05) is 39.5 Å². The van der Waals surface area contributed by atoms with Gasteiger partial charge in [0.05, 0.1) is 25.7 Å². The summed E-state index contributed by atoms with van der Waals surface area (Å²) in [4.78, 5) is 13.2. The van der Waals surface area contributed by atoms with Crippen LogP contribution in [0.3, 0.4) is 0 Å². The van der Waals surface area contributed by atoms with E-state index in [1.54, 1.807) is 0 Å². The highest BCUT2D eigenvalue weighted by Gasteiger charge is 2.27. The molecule has 1 fully saturated rings. The standard InChI is InChI=1S/C9H17NO4/c11-4-2-10(3-5-12)9(13)8-1-6-14-7-8/h8,11-12H,1-7H2. The van der Waals surface area contributed by atoms with Gasteiger partial charge >= 0.3 is 0 Å². The summed E-state index contributed by atoms with van der Waals surface area (Å²) in [5.74, 6) is -0.112. The predicted octanol–water partition coefficient (Wildman–Crippen LogP) is -1.16. The van der Waals surface area contributed by atoms with Crippen molar-refractivity contribution in [3.63, 3.8) is 0 Å². The van der Waals surface area contributed by atoms with Gasteiger partial charge in [-0.15, -0.1) is 0 Å². The second-order valence-corrected chi connectivity index (χ2v) is 3.33. The van der Waals surface area contributed by atoms with Crippen LogP contribution < -0.4 is 0 Å². The average molecular weight is 203 g/mol. The summed E-state index contributed by atoms with van der Waals surface area (Å²) >= 11 is 0. The zero-order valence-corrected chi connectivity index (χ0v) is 8.19. The zero-order chi connectivity index (χ0) is 10.4. The van der Waals surface area contributed by atoms with Crippen LogP contribution in [0.4, 0.5) is 0 Å². The summed E-state index contributed by atoms with van der Waals surface area (Å²) in [7, 11) is 0. The van der Waals surface area contributed by atoms with Gasteiger partial charge in [-0.3, -0.25) is 4.79 Å². The largest absolute Gasteiger partial charge is 0.395 e. The molecule has 1 aliphatic heterocycles. The summed E-state index contributed by atoms with van der Waals surface area (Å²) in [5.41, 5.74) is 0. The number of nitrogens with zero attached hydrogens (tertiary/aromatic N) is 1. The molecule has 0 radical (unpaired) electrons. The minimum absolute atomic E-state index is 0.0226. The third-order valence-corrected chi connectivity index (χ3v) is 2.33. The molecule has 0 bridgehead atoms. The summed E-state index contributed by atoms with van der Waals surface area (Å²) in [6.07, 6.45) is 0.742. The Morgan fingerprint density at radius 1 is 1.36 bits per heavy atom. The number of hydrogen-bond donors (Lipinski definition) is 2. The topological polar surface area (TPSA) is 70.0 Å². The molecule has 0 aromatic heterocycles. The Balaban J connectivity index is 2.43. The van der Waals surface area contributed by atoms with E-state index in [9.17, 15) is 4.79 Å². The van der Waals surface area contributed by atoms with Crippen LogP contribution >= 0.6 is 0 Å². The van der Waals surface area contributed by atoms with Crippen molar-refractivity contribution >= 4 is 5.91 Å². The second kappa shape index (κ2) is 5.95. The molecule has 5 nitrogen and oxygen atoms in total. The molecule has 5 heteroatoms. The van der Waals surface area contributed by atoms with Gasteiger partial charge < -0.3 is 19.8 Å². The minimum Gasteiger partial charge on any atom is -0.395 e. The highest BCUT2D eigenvalue weighted by Crippen LogP contribution is 2.15. The van der Waals surface area contributed by atoms with Crippen LogP contribution in [0.2, 0.25) is 0 Å². The lowest BCUT2D eigenvalue weighted by Gasteiger charge is -2.23. The number of hydrogen-bond acceptors (Lipinski definition) is 4. The monoisotopic (exact) mass is 203 g/mol. The zero-order valence-electron chi connectivity index (χ0n) is 8.19. The summed E-state index contributed by atoms with van der Waals surface area (Å²) in [6.45, 7) is 1.53. The molecule has 1 atom stereocenters. The molecule has 0 aromatic rings. The number of aliphatic hydroxyl groups is 2. The van der Waals surface area contributed by atoms with Gasteiger partial charge in [-0.1, -0.05) is 0 Å². The van der Waals surface area contributed by atoms with Crippen LogP contribution in [0.5, 0.6) is 0 Å². The Hall–Kier alpha value is -0.650. The van der Waals surface area contributed by atoms with Gasteiger partial charge in [0.15, 0.2) is 0 Å². The van der Waals surface area contributed by atoms with Crippen molar-refractivity contribution in [2.45, 2.75) is 6.42 Å². The van der Waals surface area contributed by atoms with Crippen molar-refractivity contribution < 1.29 is 19.7 Å². The van der Waals surface area contributed by atoms with Crippen LogP contribution in [0.25, 0.3) is 0 Å². The van der Waals surface area contributed by atoms with E-state index >= 15 is 0 Å². The van der Waals surface area contributed by atoms with Gasteiger partial charge in [-0.05, 0) is 6.42 Å². The minimum atomic E-state index is -0.0897. The molecule has 2 N–H and O–H groups in total. The normalized spacial score (nSPS) is 21.1. The molecule has 1 aliphatic rings. The van der Waals surface area contributed by atoms with Crippen LogP contribution in [-0.4, -0.2) is 60.5 Å². The number of amides is 1. The van der Waals surface area contributed by atoms with Crippen molar-refractivity contribution in [3.05, 3.63) is 0 Å². The number of carbonyl (C=O) groups excluding carboxylic acids is 1. The van der Waals surface area contributed by atoms with E-state index in [1.807, 2.05) is 0 Å². The van der Waals surface area contributed by atoms with E-state index in [0.717, 1.165) is 6.42 Å². The average Bonchev–Trinajstić information content (AvgIpc) is 2.69. The SMILES string of the molecule is O=C(C1CCOC1)N(CCO)CCO.